The summed E-state index contributed by atoms with van der Waals surface area (Å²) < 4.78 is 0. The fourth-order valence-corrected chi connectivity index (χ4v) is 0. The second-order valence-electron chi connectivity index (χ2n) is 0.706. The lowest BCUT2D eigenvalue weighted by Gasteiger charge is -1.63. The van der Waals surface area contributed by atoms with Gasteiger partial charge in [-0.3, -0.25) is 0 Å². The number of hydrogen-bond acceptors (Lipinski definition) is 1. The molecule has 0 aromatic rings. The van der Waals surface area contributed by atoms with Gasteiger partial charge in [-0.15, -0.1) is 0 Å². The van der Waals surface area contributed by atoms with Crippen LogP contribution in [-0.4, -0.2) is 6.29 Å². The Hall–Kier alpha value is -0.810. The summed E-state index contributed by atoms with van der Waals surface area (Å²) in [5.74, 6) is 0. The zero-order valence-electron chi connectivity index (χ0n) is 2.82. The maximum absolute atomic E-state index is 9.22. The van der Waals surface area contributed by atoms with Crippen molar-refractivity contribution in [1.82, 2.24) is 0 Å². The molecule has 0 aromatic carbocycles. The second-order valence-corrected chi connectivity index (χ2v) is 0.706. The minimum Gasteiger partial charge on any atom is -0.233 e. The van der Waals surface area contributed by atoms with Gasteiger partial charge in [-0.2, -0.15) is 0 Å². The molecule has 0 aromatic heterocycles. The van der Waals surface area contributed by atoms with Crippen LogP contribution in [0.2, 0.25) is 0 Å². The van der Waals surface area contributed by atoms with Crippen molar-refractivity contribution in [3.05, 3.63) is 19.1 Å². The van der Waals surface area contributed by atoms with Gasteiger partial charge in [0.2, 0.25) is 0 Å². The maximum atomic E-state index is 9.22. The zero-order valence-corrected chi connectivity index (χ0v) is 2.82. The van der Waals surface area contributed by atoms with Gasteiger partial charge in [0, 0.05) is 5.57 Å². The molecule has 0 atom stereocenters. The predicted molar refractivity (Wildman–Crippen MR) is 20.2 cm³/mol. The number of carbonyl (C=O) groups excluding carboxylic acids is 1. The van der Waals surface area contributed by atoms with E-state index in [1.807, 2.05) is 0 Å². The van der Waals surface area contributed by atoms with Crippen LogP contribution in [0.4, 0.5) is 0 Å². The molecule has 0 N–H and O–H groups in total. The Bertz CT molecular complexity index is 54.7. The first-order valence-electron chi connectivity index (χ1n) is 1.16. The van der Waals surface area contributed by atoms with Crippen molar-refractivity contribution in [2.45, 2.75) is 0 Å². The van der Waals surface area contributed by atoms with Gasteiger partial charge in [0.1, 0.15) is 6.29 Å². The van der Waals surface area contributed by atoms with Gasteiger partial charge in [-0.25, -0.2) is 4.79 Å². The molecule has 1 nitrogen and oxygen atoms in total. The molecule has 0 aliphatic carbocycles. The molecule has 0 radical (unpaired) electrons. The topological polar surface area (TPSA) is 17.1 Å². The van der Waals surface area contributed by atoms with Crippen LogP contribution in [-0.2, 0) is 4.79 Å². The van der Waals surface area contributed by atoms with E-state index in [0.717, 1.165) is 0 Å². The average molecular weight is 68.1 g/mol. The SMILES string of the molecule is C=C([CH2-])[C+]=O. The van der Waals surface area contributed by atoms with Crippen LogP contribution >= 0.6 is 0 Å². The Balaban J connectivity index is 3.20. The summed E-state index contributed by atoms with van der Waals surface area (Å²) >= 11 is 0. The molecule has 26 valence electrons. The van der Waals surface area contributed by atoms with E-state index in [1.165, 1.54) is 6.29 Å². The first-order valence-corrected chi connectivity index (χ1v) is 1.16. The van der Waals surface area contributed by atoms with Crippen LogP contribution in [0.3, 0.4) is 0 Å². The Morgan fingerprint density at radius 2 is 2.20 bits per heavy atom. The summed E-state index contributed by atoms with van der Waals surface area (Å²) in [6.45, 7) is 6.28. The third-order valence-corrected chi connectivity index (χ3v) is 0.144. The van der Waals surface area contributed by atoms with E-state index in [-0.39, 0.29) is 5.57 Å². The van der Waals surface area contributed by atoms with Crippen molar-refractivity contribution in [1.29, 1.82) is 0 Å². The van der Waals surface area contributed by atoms with E-state index in [0.29, 0.717) is 0 Å². The van der Waals surface area contributed by atoms with Crippen molar-refractivity contribution in [3.63, 3.8) is 0 Å². The lowest BCUT2D eigenvalue weighted by atomic mass is 10.4. The van der Waals surface area contributed by atoms with Crippen molar-refractivity contribution >= 4 is 6.29 Å². The molecule has 0 heterocycles. The largest absolute Gasteiger partial charge is 0.233 e. The van der Waals surface area contributed by atoms with Gasteiger partial charge >= 0.3 is 0 Å². The fourth-order valence-electron chi connectivity index (χ4n) is 0. The second kappa shape index (κ2) is 1.50. The standard InChI is InChI=1S/C4H4O/c1-4(2)3-5/h1-2H2. The minimum absolute atomic E-state index is 0.199. The summed E-state index contributed by atoms with van der Waals surface area (Å²) in [5, 5.41) is 0. The number of allylic oxidation sites excluding steroid dienone is 1. The highest BCUT2D eigenvalue weighted by atomic mass is 16.1. The van der Waals surface area contributed by atoms with E-state index in [4.69, 9.17) is 0 Å². The molecule has 0 unspecified atom stereocenters. The molecule has 0 amide bonds. The summed E-state index contributed by atoms with van der Waals surface area (Å²) in [5.41, 5.74) is 0.199. The molecule has 0 rings (SSSR count). The van der Waals surface area contributed by atoms with Crippen molar-refractivity contribution in [3.8, 4) is 0 Å². The molecule has 0 aliphatic heterocycles. The molecule has 0 bridgehead atoms. The summed E-state index contributed by atoms with van der Waals surface area (Å²) in [4.78, 5) is 9.22. The smallest absolute Gasteiger partial charge is 0.131 e. The van der Waals surface area contributed by atoms with Crippen molar-refractivity contribution in [2.24, 2.45) is 0 Å². The molecule has 0 saturated heterocycles. The Morgan fingerprint density at radius 3 is 2.20 bits per heavy atom. The first-order chi connectivity index (χ1) is 2.27. The van der Waals surface area contributed by atoms with Crippen LogP contribution in [0.5, 0.6) is 0 Å². The molecule has 1 heteroatoms. The summed E-state index contributed by atoms with van der Waals surface area (Å²) in [6, 6.07) is 0. The Morgan fingerprint density at radius 1 is 2.00 bits per heavy atom. The van der Waals surface area contributed by atoms with Crippen LogP contribution in [0, 0.1) is 6.92 Å². The lowest BCUT2D eigenvalue weighted by Crippen LogP contribution is -1.65. The van der Waals surface area contributed by atoms with Crippen LogP contribution in [0.15, 0.2) is 12.2 Å². The normalized spacial score (nSPS) is 5.60. The number of rotatable bonds is 1. The maximum Gasteiger partial charge on any atom is 0.131 e. The van der Waals surface area contributed by atoms with Gasteiger partial charge in [0.05, 0.1) is 0 Å². The quantitative estimate of drug-likeness (QED) is 0.323. The molecule has 5 heavy (non-hydrogen) atoms. The first kappa shape index (κ1) is 4.19. The van der Waals surface area contributed by atoms with Gasteiger partial charge in [0.15, 0.2) is 0 Å². The van der Waals surface area contributed by atoms with E-state index in [2.05, 4.69) is 13.5 Å². The third kappa shape index (κ3) is 3.19. The summed E-state index contributed by atoms with van der Waals surface area (Å²) in [6.07, 6.45) is 1.47. The highest BCUT2D eigenvalue weighted by Crippen LogP contribution is 1.69. The van der Waals surface area contributed by atoms with E-state index < -0.39 is 0 Å². The lowest BCUT2D eigenvalue weighted by molar-refractivity contribution is 0.562. The highest BCUT2D eigenvalue weighted by Gasteiger charge is 1.68. The third-order valence-electron chi connectivity index (χ3n) is 0.144. The van der Waals surface area contributed by atoms with Gasteiger partial charge < -0.3 is 0 Å². The van der Waals surface area contributed by atoms with E-state index in [9.17, 15) is 4.79 Å². The molecule has 0 aliphatic rings. The molecule has 0 fully saturated rings. The molecular weight excluding hydrogens is 64.0 g/mol. The monoisotopic (exact) mass is 68.0 g/mol. The molecule has 0 spiro atoms. The van der Waals surface area contributed by atoms with Gasteiger partial charge in [-0.1, -0.05) is 13.5 Å². The highest BCUT2D eigenvalue weighted by molar-refractivity contribution is 5.73. The minimum atomic E-state index is 0.199. The Kier molecular flexibility index (Phi) is 1.26. The average Bonchev–Trinajstić information content (AvgIpc) is 1.38. The van der Waals surface area contributed by atoms with E-state index in [1.54, 1.807) is 0 Å². The molecular formula is C4H4O. The van der Waals surface area contributed by atoms with Crippen molar-refractivity contribution < 1.29 is 4.79 Å². The summed E-state index contributed by atoms with van der Waals surface area (Å²) in [7, 11) is 0. The van der Waals surface area contributed by atoms with Crippen LogP contribution in [0.25, 0.3) is 0 Å². The van der Waals surface area contributed by atoms with Crippen LogP contribution < -0.4 is 0 Å². The predicted octanol–water partition coefficient (Wildman–Crippen LogP) is 0.486. The number of hydrogen-bond donors (Lipinski definition) is 0. The fraction of sp³-hybridized carbons (Fsp3) is 0. The zero-order chi connectivity index (χ0) is 4.28. The van der Waals surface area contributed by atoms with E-state index >= 15 is 0 Å². The molecule has 0 saturated carbocycles. The van der Waals surface area contributed by atoms with Crippen LogP contribution in [0.1, 0.15) is 0 Å². The van der Waals surface area contributed by atoms with Gasteiger partial charge in [-0.05, 0) is 0 Å². The van der Waals surface area contributed by atoms with Gasteiger partial charge in [0.25, 0.3) is 0 Å². The Labute approximate surface area is 31.3 Å². The van der Waals surface area contributed by atoms with Crippen molar-refractivity contribution in [2.75, 3.05) is 0 Å².